The maximum Gasteiger partial charge on any atom is 0.226 e. The Balaban J connectivity index is 2.07. The molecule has 3 rings (SSSR count). The Morgan fingerprint density at radius 2 is 1.96 bits per heavy atom. The van der Waals surface area contributed by atoms with Crippen molar-refractivity contribution in [3.05, 3.63) is 41.6 Å². The van der Waals surface area contributed by atoms with Crippen molar-refractivity contribution in [2.45, 2.75) is 52.2 Å². The molecule has 0 radical (unpaired) electrons. The second-order valence-electron chi connectivity index (χ2n) is 6.50. The van der Waals surface area contributed by atoms with Gasteiger partial charge < -0.3 is 10.1 Å². The summed E-state index contributed by atoms with van der Waals surface area (Å²) < 4.78 is 7.81. The van der Waals surface area contributed by atoms with Gasteiger partial charge in [-0.05, 0) is 33.8 Å². The van der Waals surface area contributed by atoms with Crippen molar-refractivity contribution in [2.75, 3.05) is 5.32 Å². The van der Waals surface area contributed by atoms with Crippen molar-refractivity contribution in [1.29, 1.82) is 0 Å². The summed E-state index contributed by atoms with van der Waals surface area (Å²) in [5.74, 6) is 1.64. The molecule has 0 spiro atoms. The van der Waals surface area contributed by atoms with Gasteiger partial charge >= 0.3 is 0 Å². The van der Waals surface area contributed by atoms with Crippen LogP contribution >= 0.6 is 0 Å². The van der Waals surface area contributed by atoms with Crippen molar-refractivity contribution >= 4 is 11.7 Å². The molecule has 1 atom stereocenters. The number of hydrogen-bond acceptors (Lipinski definition) is 3. The van der Waals surface area contributed by atoms with Gasteiger partial charge in [-0.15, -0.1) is 0 Å². The van der Waals surface area contributed by atoms with Gasteiger partial charge in [0.2, 0.25) is 5.91 Å². The van der Waals surface area contributed by atoms with Crippen LogP contribution in [0.25, 0.3) is 0 Å². The number of carbonyl (C=O) groups is 1. The number of aromatic nitrogens is 2. The van der Waals surface area contributed by atoms with E-state index >= 15 is 0 Å². The first-order chi connectivity index (χ1) is 11.0. The van der Waals surface area contributed by atoms with Gasteiger partial charge in [-0.3, -0.25) is 4.79 Å². The molecule has 1 aromatic heterocycles. The predicted molar refractivity (Wildman–Crippen MR) is 89.9 cm³/mol. The second-order valence-corrected chi connectivity index (χ2v) is 6.50. The standard InChI is InChI=1S/C18H23N3O2/c1-11(2)21-18-15(10-19-21)14(9-17(22)20-18)13-7-5-6-8-16(13)23-12(3)4/h5-8,10-12,14H,9H2,1-4H3,(H,20,22). The van der Waals surface area contributed by atoms with Crippen molar-refractivity contribution in [1.82, 2.24) is 9.78 Å². The topological polar surface area (TPSA) is 56.1 Å². The summed E-state index contributed by atoms with van der Waals surface area (Å²) in [7, 11) is 0. The van der Waals surface area contributed by atoms with E-state index in [1.54, 1.807) is 0 Å². The molecule has 2 aromatic rings. The van der Waals surface area contributed by atoms with E-state index in [0.29, 0.717) is 6.42 Å². The zero-order valence-corrected chi connectivity index (χ0v) is 14.0. The number of fused-ring (bicyclic) bond motifs is 1. The summed E-state index contributed by atoms with van der Waals surface area (Å²) in [6.07, 6.45) is 2.37. The van der Waals surface area contributed by atoms with E-state index in [1.165, 1.54) is 0 Å². The van der Waals surface area contributed by atoms with Crippen LogP contribution < -0.4 is 10.1 Å². The molecule has 0 bridgehead atoms. The van der Waals surface area contributed by atoms with Crippen LogP contribution in [0.2, 0.25) is 0 Å². The highest BCUT2D eigenvalue weighted by atomic mass is 16.5. The first-order valence-corrected chi connectivity index (χ1v) is 8.10. The molecule has 0 saturated carbocycles. The highest BCUT2D eigenvalue weighted by molar-refractivity contribution is 5.94. The van der Waals surface area contributed by atoms with Crippen molar-refractivity contribution < 1.29 is 9.53 Å². The van der Waals surface area contributed by atoms with Crippen molar-refractivity contribution in [3.63, 3.8) is 0 Å². The maximum atomic E-state index is 12.2. The number of nitrogens with one attached hydrogen (secondary N) is 1. The molecular formula is C18H23N3O2. The molecule has 122 valence electrons. The summed E-state index contributed by atoms with van der Waals surface area (Å²) in [6.45, 7) is 8.12. The van der Waals surface area contributed by atoms with Crippen LogP contribution in [0.4, 0.5) is 5.82 Å². The fraction of sp³-hybridized carbons (Fsp3) is 0.444. The minimum atomic E-state index is -0.0267. The van der Waals surface area contributed by atoms with E-state index in [4.69, 9.17) is 4.74 Å². The van der Waals surface area contributed by atoms with E-state index in [1.807, 2.05) is 49.0 Å². The van der Waals surface area contributed by atoms with Crippen LogP contribution in [0, 0.1) is 0 Å². The lowest BCUT2D eigenvalue weighted by Crippen LogP contribution is -2.25. The molecule has 1 N–H and O–H groups in total. The first kappa shape index (κ1) is 15.6. The molecule has 1 aromatic carbocycles. The zero-order chi connectivity index (χ0) is 16.6. The molecule has 0 saturated heterocycles. The average Bonchev–Trinajstić information content (AvgIpc) is 2.90. The van der Waals surface area contributed by atoms with Gasteiger partial charge in [0.25, 0.3) is 0 Å². The highest BCUT2D eigenvalue weighted by Gasteiger charge is 2.32. The number of ether oxygens (including phenoxy) is 1. The van der Waals surface area contributed by atoms with E-state index in [2.05, 4.69) is 24.3 Å². The number of rotatable bonds is 4. The number of anilines is 1. The highest BCUT2D eigenvalue weighted by Crippen LogP contribution is 2.41. The Hall–Kier alpha value is -2.30. The summed E-state index contributed by atoms with van der Waals surface area (Å²) >= 11 is 0. The minimum Gasteiger partial charge on any atom is -0.491 e. The summed E-state index contributed by atoms with van der Waals surface area (Å²) in [5, 5.41) is 7.43. The Labute approximate surface area is 136 Å². The third-order valence-corrected chi connectivity index (χ3v) is 3.99. The Kier molecular flexibility index (Phi) is 4.11. The minimum absolute atomic E-state index is 0.0178. The maximum absolute atomic E-state index is 12.2. The Bertz CT molecular complexity index is 719. The Morgan fingerprint density at radius 3 is 2.65 bits per heavy atom. The second kappa shape index (κ2) is 6.07. The Morgan fingerprint density at radius 1 is 1.22 bits per heavy atom. The van der Waals surface area contributed by atoms with Gasteiger partial charge in [0, 0.05) is 29.5 Å². The zero-order valence-electron chi connectivity index (χ0n) is 14.0. The van der Waals surface area contributed by atoms with Crippen molar-refractivity contribution in [3.8, 4) is 5.75 Å². The molecule has 5 nitrogen and oxygen atoms in total. The van der Waals surface area contributed by atoms with Gasteiger partial charge in [0.15, 0.2) is 0 Å². The summed E-state index contributed by atoms with van der Waals surface area (Å²) in [6, 6.07) is 8.15. The molecule has 2 heterocycles. The van der Waals surface area contributed by atoms with Crippen LogP contribution in [0.1, 0.15) is 57.2 Å². The molecule has 1 aliphatic rings. The lowest BCUT2D eigenvalue weighted by atomic mass is 9.87. The number of carbonyl (C=O) groups excluding carboxylic acids is 1. The molecule has 23 heavy (non-hydrogen) atoms. The number of hydrogen-bond donors (Lipinski definition) is 1. The molecule has 1 aliphatic heterocycles. The van der Waals surface area contributed by atoms with Crippen LogP contribution in [0.5, 0.6) is 5.75 Å². The van der Waals surface area contributed by atoms with Gasteiger partial charge in [0.05, 0.1) is 12.3 Å². The van der Waals surface area contributed by atoms with Crippen molar-refractivity contribution in [2.24, 2.45) is 0 Å². The van der Waals surface area contributed by atoms with Gasteiger partial charge in [-0.2, -0.15) is 5.10 Å². The lowest BCUT2D eigenvalue weighted by Gasteiger charge is -2.26. The molecule has 5 heteroatoms. The fourth-order valence-corrected chi connectivity index (χ4v) is 3.04. The van der Waals surface area contributed by atoms with Crippen LogP contribution in [-0.2, 0) is 4.79 Å². The molecule has 0 aliphatic carbocycles. The van der Waals surface area contributed by atoms with Crippen LogP contribution in [0.15, 0.2) is 30.5 Å². The molecular weight excluding hydrogens is 290 g/mol. The first-order valence-electron chi connectivity index (χ1n) is 8.10. The van der Waals surface area contributed by atoms with Crippen LogP contribution in [-0.4, -0.2) is 21.8 Å². The summed E-state index contributed by atoms with van der Waals surface area (Å²) in [4.78, 5) is 12.2. The quantitative estimate of drug-likeness (QED) is 0.936. The normalized spacial score (nSPS) is 17.3. The molecule has 0 fully saturated rings. The molecule has 1 unspecified atom stereocenters. The largest absolute Gasteiger partial charge is 0.491 e. The lowest BCUT2D eigenvalue weighted by molar-refractivity contribution is -0.116. The van der Waals surface area contributed by atoms with E-state index in [9.17, 15) is 4.79 Å². The van der Waals surface area contributed by atoms with E-state index < -0.39 is 0 Å². The fourth-order valence-electron chi connectivity index (χ4n) is 3.04. The number of para-hydroxylation sites is 1. The van der Waals surface area contributed by atoms with Gasteiger partial charge in [-0.25, -0.2) is 4.68 Å². The van der Waals surface area contributed by atoms with E-state index in [0.717, 1.165) is 22.7 Å². The third kappa shape index (κ3) is 2.96. The number of nitrogens with zero attached hydrogens (tertiary/aromatic N) is 2. The SMILES string of the molecule is CC(C)Oc1ccccc1C1CC(=O)Nc2c1cnn2C(C)C. The van der Waals surface area contributed by atoms with E-state index in [-0.39, 0.29) is 24.0 Å². The molecule has 1 amide bonds. The van der Waals surface area contributed by atoms with Gasteiger partial charge in [-0.1, -0.05) is 18.2 Å². The third-order valence-electron chi connectivity index (χ3n) is 3.99. The van der Waals surface area contributed by atoms with Gasteiger partial charge in [0.1, 0.15) is 11.6 Å². The smallest absolute Gasteiger partial charge is 0.226 e. The number of benzene rings is 1. The summed E-state index contributed by atoms with van der Waals surface area (Å²) in [5.41, 5.74) is 2.10. The predicted octanol–water partition coefficient (Wildman–Crippen LogP) is 3.73. The monoisotopic (exact) mass is 313 g/mol. The van der Waals surface area contributed by atoms with Crippen LogP contribution in [0.3, 0.4) is 0 Å². The average molecular weight is 313 g/mol. The number of amides is 1.